The summed E-state index contributed by atoms with van der Waals surface area (Å²) in [6.07, 6.45) is 4.20. The molecule has 1 unspecified atom stereocenters. The molecule has 0 spiro atoms. The number of anilines is 1. The highest BCUT2D eigenvalue weighted by Crippen LogP contribution is 2.30. The van der Waals surface area contributed by atoms with E-state index in [1.807, 2.05) is 18.5 Å². The van der Waals surface area contributed by atoms with Gasteiger partial charge in [0.15, 0.2) is 0 Å². The van der Waals surface area contributed by atoms with Gasteiger partial charge in [0, 0.05) is 24.9 Å². The average molecular weight is 245 g/mol. The maximum absolute atomic E-state index is 5.79. The molecule has 2 aromatic rings. The molecule has 1 aromatic carbocycles. The van der Waals surface area contributed by atoms with Crippen LogP contribution < -0.4 is 5.73 Å². The van der Waals surface area contributed by atoms with Crippen LogP contribution in [0.5, 0.6) is 0 Å². The molecule has 0 aliphatic carbocycles. The Morgan fingerprint density at radius 3 is 2.94 bits per heavy atom. The zero-order valence-electron chi connectivity index (χ0n) is 10.7. The highest BCUT2D eigenvalue weighted by molar-refractivity contribution is 5.79. The number of hydrogen-bond donors (Lipinski definition) is 1. The molecule has 3 rings (SSSR count). The fourth-order valence-electron chi connectivity index (χ4n) is 2.80. The van der Waals surface area contributed by atoms with Crippen LogP contribution in [0.2, 0.25) is 0 Å². The molecule has 1 aliphatic heterocycles. The molecule has 0 saturated carbocycles. The summed E-state index contributed by atoms with van der Waals surface area (Å²) in [5.74, 6) is 0.675. The van der Waals surface area contributed by atoms with E-state index in [2.05, 4.69) is 22.5 Å². The van der Waals surface area contributed by atoms with Crippen LogP contribution in [0.1, 0.15) is 25.8 Å². The number of fused-ring (bicyclic) bond motifs is 1. The lowest BCUT2D eigenvalue weighted by molar-refractivity contribution is 0.0519. The third-order valence-electron chi connectivity index (χ3n) is 3.99. The molecular formula is C14H19N3O. The normalized spacial score (nSPS) is 19.2. The minimum atomic E-state index is 0.461. The molecule has 0 bridgehead atoms. The molecule has 4 nitrogen and oxygen atoms in total. The van der Waals surface area contributed by atoms with Crippen molar-refractivity contribution in [1.29, 1.82) is 0 Å². The summed E-state index contributed by atoms with van der Waals surface area (Å²) in [4.78, 5) is 4.45. The monoisotopic (exact) mass is 245 g/mol. The molecule has 2 heterocycles. The predicted octanol–water partition coefficient (Wildman–Crippen LogP) is 2.61. The lowest BCUT2D eigenvalue weighted by Crippen LogP contribution is -2.23. The summed E-state index contributed by atoms with van der Waals surface area (Å²) < 4.78 is 7.70. The molecule has 1 atom stereocenters. The fraction of sp³-hybridized carbons (Fsp3) is 0.500. The van der Waals surface area contributed by atoms with E-state index in [-0.39, 0.29) is 0 Å². The second-order valence-corrected chi connectivity index (χ2v) is 5.09. The van der Waals surface area contributed by atoms with Crippen LogP contribution in [0.25, 0.3) is 11.0 Å². The van der Waals surface area contributed by atoms with Crippen molar-refractivity contribution in [3.63, 3.8) is 0 Å². The van der Waals surface area contributed by atoms with Crippen LogP contribution in [0, 0.1) is 5.92 Å². The van der Waals surface area contributed by atoms with E-state index >= 15 is 0 Å². The molecule has 18 heavy (non-hydrogen) atoms. The van der Waals surface area contributed by atoms with Crippen molar-refractivity contribution in [2.45, 2.75) is 25.8 Å². The summed E-state index contributed by atoms with van der Waals surface area (Å²) in [6.45, 7) is 4.04. The van der Waals surface area contributed by atoms with E-state index in [4.69, 9.17) is 10.5 Å². The van der Waals surface area contributed by atoms with Crippen LogP contribution in [0.3, 0.4) is 0 Å². The number of imidazole rings is 1. The van der Waals surface area contributed by atoms with Crippen LogP contribution in [0.4, 0.5) is 5.69 Å². The van der Waals surface area contributed by atoms with Gasteiger partial charge in [-0.05, 0) is 43.9 Å². The standard InChI is InChI=1S/C14H19N3O/c1-10(11-4-6-18-7-5-11)17-9-16-13-8-12(15)2-3-14(13)17/h2-3,8-11H,4-7,15H2,1H3. The van der Waals surface area contributed by atoms with E-state index in [9.17, 15) is 0 Å². The van der Waals surface area contributed by atoms with E-state index < -0.39 is 0 Å². The number of hydrogen-bond acceptors (Lipinski definition) is 3. The van der Waals surface area contributed by atoms with Gasteiger partial charge < -0.3 is 15.0 Å². The SMILES string of the molecule is CC(C1CCOCC1)n1cnc2cc(N)ccc21. The Balaban J connectivity index is 1.93. The molecule has 4 heteroatoms. The zero-order chi connectivity index (χ0) is 12.5. The molecule has 0 radical (unpaired) electrons. The van der Waals surface area contributed by atoms with E-state index in [1.54, 1.807) is 0 Å². The van der Waals surface area contributed by atoms with Crippen molar-refractivity contribution in [2.75, 3.05) is 18.9 Å². The van der Waals surface area contributed by atoms with Gasteiger partial charge in [-0.2, -0.15) is 0 Å². The number of nitrogens with two attached hydrogens (primary N) is 1. The van der Waals surface area contributed by atoms with Gasteiger partial charge in [0.2, 0.25) is 0 Å². The van der Waals surface area contributed by atoms with E-state index in [1.165, 1.54) is 5.52 Å². The minimum absolute atomic E-state index is 0.461. The van der Waals surface area contributed by atoms with Crippen molar-refractivity contribution >= 4 is 16.7 Å². The van der Waals surface area contributed by atoms with E-state index in [0.29, 0.717) is 12.0 Å². The Hall–Kier alpha value is -1.55. The highest BCUT2D eigenvalue weighted by Gasteiger charge is 2.22. The molecule has 1 aromatic heterocycles. The van der Waals surface area contributed by atoms with Crippen molar-refractivity contribution in [3.8, 4) is 0 Å². The van der Waals surface area contributed by atoms with Crippen LogP contribution >= 0.6 is 0 Å². The lowest BCUT2D eigenvalue weighted by atomic mass is 9.92. The van der Waals surface area contributed by atoms with Gasteiger partial charge in [-0.15, -0.1) is 0 Å². The molecular weight excluding hydrogens is 226 g/mol. The fourth-order valence-corrected chi connectivity index (χ4v) is 2.80. The number of benzene rings is 1. The van der Waals surface area contributed by atoms with Gasteiger partial charge in [0.25, 0.3) is 0 Å². The molecule has 1 fully saturated rings. The maximum atomic E-state index is 5.79. The van der Waals surface area contributed by atoms with Crippen LogP contribution in [-0.2, 0) is 4.74 Å². The second kappa shape index (κ2) is 4.61. The van der Waals surface area contributed by atoms with Gasteiger partial charge in [-0.25, -0.2) is 4.98 Å². The van der Waals surface area contributed by atoms with Gasteiger partial charge in [-0.1, -0.05) is 0 Å². The first-order chi connectivity index (χ1) is 8.75. The Labute approximate surface area is 107 Å². The molecule has 0 amide bonds. The summed E-state index contributed by atoms with van der Waals surface area (Å²) in [5.41, 5.74) is 8.71. The Kier molecular flexibility index (Phi) is 2.96. The van der Waals surface area contributed by atoms with Gasteiger partial charge in [-0.3, -0.25) is 0 Å². The average Bonchev–Trinajstić information content (AvgIpc) is 2.81. The van der Waals surface area contributed by atoms with Crippen molar-refractivity contribution in [3.05, 3.63) is 24.5 Å². The summed E-state index contributed by atoms with van der Waals surface area (Å²) >= 11 is 0. The first-order valence-electron chi connectivity index (χ1n) is 6.55. The van der Waals surface area contributed by atoms with Crippen LogP contribution in [-0.4, -0.2) is 22.8 Å². The predicted molar refractivity (Wildman–Crippen MR) is 72.4 cm³/mol. The number of nitrogen functional groups attached to an aromatic ring is 1. The third-order valence-corrected chi connectivity index (χ3v) is 3.99. The maximum Gasteiger partial charge on any atom is 0.0960 e. The van der Waals surface area contributed by atoms with Gasteiger partial charge in [0.05, 0.1) is 17.4 Å². The third kappa shape index (κ3) is 1.97. The van der Waals surface area contributed by atoms with Crippen LogP contribution in [0.15, 0.2) is 24.5 Å². The Morgan fingerprint density at radius 1 is 1.39 bits per heavy atom. The molecule has 96 valence electrons. The largest absolute Gasteiger partial charge is 0.399 e. The van der Waals surface area contributed by atoms with Crippen molar-refractivity contribution < 1.29 is 4.74 Å². The van der Waals surface area contributed by atoms with Crippen molar-refractivity contribution in [1.82, 2.24) is 9.55 Å². The molecule has 2 N–H and O–H groups in total. The molecule has 1 aliphatic rings. The number of rotatable bonds is 2. The second-order valence-electron chi connectivity index (χ2n) is 5.09. The zero-order valence-corrected chi connectivity index (χ0v) is 10.7. The Morgan fingerprint density at radius 2 is 2.17 bits per heavy atom. The van der Waals surface area contributed by atoms with Crippen molar-refractivity contribution in [2.24, 2.45) is 5.92 Å². The minimum Gasteiger partial charge on any atom is -0.399 e. The lowest BCUT2D eigenvalue weighted by Gasteiger charge is -2.29. The number of nitrogens with zero attached hydrogens (tertiary/aromatic N) is 2. The first-order valence-corrected chi connectivity index (χ1v) is 6.55. The summed E-state index contributed by atoms with van der Waals surface area (Å²) in [5, 5.41) is 0. The highest BCUT2D eigenvalue weighted by atomic mass is 16.5. The van der Waals surface area contributed by atoms with Gasteiger partial charge in [0.1, 0.15) is 0 Å². The topological polar surface area (TPSA) is 53.1 Å². The molecule has 1 saturated heterocycles. The quantitative estimate of drug-likeness (QED) is 0.827. The summed E-state index contributed by atoms with van der Waals surface area (Å²) in [7, 11) is 0. The first kappa shape index (κ1) is 11.5. The summed E-state index contributed by atoms with van der Waals surface area (Å²) in [6, 6.07) is 6.40. The number of ether oxygens (including phenoxy) is 1. The number of aromatic nitrogens is 2. The van der Waals surface area contributed by atoms with Gasteiger partial charge >= 0.3 is 0 Å². The Bertz CT molecular complexity index is 543. The van der Waals surface area contributed by atoms with E-state index in [0.717, 1.165) is 37.3 Å². The smallest absolute Gasteiger partial charge is 0.0960 e.